The summed E-state index contributed by atoms with van der Waals surface area (Å²) in [6.45, 7) is 3.40. The van der Waals surface area contributed by atoms with Crippen molar-refractivity contribution in [3.8, 4) is 0 Å². The second-order valence-electron chi connectivity index (χ2n) is 7.60. The molecule has 4 nitrogen and oxygen atoms in total. The van der Waals surface area contributed by atoms with Gasteiger partial charge in [-0.3, -0.25) is 9.59 Å². The molecule has 2 amide bonds. The minimum absolute atomic E-state index is 0.0604. The van der Waals surface area contributed by atoms with E-state index >= 15 is 0 Å². The van der Waals surface area contributed by atoms with Gasteiger partial charge in [-0.1, -0.05) is 43.3 Å². The van der Waals surface area contributed by atoms with Crippen molar-refractivity contribution in [1.29, 1.82) is 0 Å². The Labute approximate surface area is 185 Å². The maximum absolute atomic E-state index is 13.1. The second-order valence-corrected chi connectivity index (χ2v) is 9.52. The lowest BCUT2D eigenvalue weighted by atomic mass is 9.94. The van der Waals surface area contributed by atoms with Crippen LogP contribution >= 0.6 is 22.7 Å². The van der Waals surface area contributed by atoms with Crippen molar-refractivity contribution in [3.63, 3.8) is 0 Å². The first-order chi connectivity index (χ1) is 14.7. The largest absolute Gasteiger partial charge is 0.344 e. The number of rotatable bonds is 6. The van der Waals surface area contributed by atoms with Gasteiger partial charge >= 0.3 is 0 Å². The number of hydrogen-bond donors (Lipinski definition) is 1. The molecule has 0 bridgehead atoms. The van der Waals surface area contributed by atoms with Crippen LogP contribution in [0.25, 0.3) is 0 Å². The lowest BCUT2D eigenvalue weighted by molar-refractivity contribution is -0.126. The fourth-order valence-corrected chi connectivity index (χ4v) is 5.37. The predicted molar refractivity (Wildman–Crippen MR) is 123 cm³/mol. The number of nitrogens with zero attached hydrogens (tertiary/aromatic N) is 1. The minimum atomic E-state index is -0.130. The molecule has 0 radical (unpaired) electrons. The number of hydrogen-bond acceptors (Lipinski definition) is 4. The van der Waals surface area contributed by atoms with Gasteiger partial charge in [0, 0.05) is 23.9 Å². The second kappa shape index (κ2) is 9.58. The molecule has 2 aromatic heterocycles. The fraction of sp³-hybridized carbons (Fsp3) is 0.333. The van der Waals surface area contributed by atoms with Crippen LogP contribution in [0, 0.1) is 5.92 Å². The topological polar surface area (TPSA) is 49.4 Å². The normalized spacial score (nSPS) is 15.7. The maximum Gasteiger partial charge on any atom is 0.263 e. The third-order valence-corrected chi connectivity index (χ3v) is 7.52. The molecule has 1 saturated heterocycles. The third-order valence-electron chi connectivity index (χ3n) is 5.72. The standard InChI is InChI=1S/C24H26N2O2S2/c1-2-17-7-9-18(10-8-17)22(20-5-3-15-29-20)25-23(27)19-11-13-26(14-12-19)24(28)21-6-4-16-30-21/h3-10,15-16,19,22H,2,11-14H2,1H3,(H,25,27)/t22-/m1/s1. The van der Waals surface area contributed by atoms with Gasteiger partial charge < -0.3 is 10.2 Å². The Bertz CT molecular complexity index is 957. The average Bonchev–Trinajstić information content (AvgIpc) is 3.52. The molecular weight excluding hydrogens is 412 g/mol. The van der Waals surface area contributed by atoms with E-state index in [1.54, 1.807) is 11.3 Å². The van der Waals surface area contributed by atoms with Crippen LogP contribution in [0.5, 0.6) is 0 Å². The van der Waals surface area contributed by atoms with Crippen molar-refractivity contribution in [3.05, 3.63) is 80.2 Å². The van der Waals surface area contributed by atoms with Crippen LogP contribution in [0.4, 0.5) is 0 Å². The smallest absolute Gasteiger partial charge is 0.263 e. The Morgan fingerprint density at radius 1 is 1.03 bits per heavy atom. The Kier molecular flexibility index (Phi) is 6.65. The van der Waals surface area contributed by atoms with Crippen molar-refractivity contribution >= 4 is 34.5 Å². The molecular formula is C24H26N2O2S2. The molecule has 3 heterocycles. The number of benzene rings is 1. The minimum Gasteiger partial charge on any atom is -0.344 e. The molecule has 1 atom stereocenters. The summed E-state index contributed by atoms with van der Waals surface area (Å²) < 4.78 is 0. The molecule has 1 fully saturated rings. The van der Waals surface area contributed by atoms with Crippen LogP contribution in [0.3, 0.4) is 0 Å². The lowest BCUT2D eigenvalue weighted by Crippen LogP contribution is -2.43. The SMILES string of the molecule is CCc1ccc([C@@H](NC(=O)C2CCN(C(=O)c3cccs3)CC2)c2cccs2)cc1. The molecule has 1 aromatic carbocycles. The number of carbonyl (C=O) groups is 2. The monoisotopic (exact) mass is 438 g/mol. The van der Waals surface area contributed by atoms with E-state index in [-0.39, 0.29) is 23.8 Å². The van der Waals surface area contributed by atoms with E-state index in [0.717, 1.165) is 21.7 Å². The van der Waals surface area contributed by atoms with Crippen molar-refractivity contribution in [2.45, 2.75) is 32.2 Å². The molecule has 1 N–H and O–H groups in total. The summed E-state index contributed by atoms with van der Waals surface area (Å²) in [5.74, 6) is 0.0993. The van der Waals surface area contributed by atoms with Gasteiger partial charge in [0.05, 0.1) is 10.9 Å². The molecule has 0 aliphatic carbocycles. The van der Waals surface area contributed by atoms with Gasteiger partial charge in [-0.05, 0) is 53.3 Å². The first kappa shape index (κ1) is 20.8. The van der Waals surface area contributed by atoms with Crippen molar-refractivity contribution in [2.24, 2.45) is 5.92 Å². The number of nitrogens with one attached hydrogen (secondary N) is 1. The summed E-state index contributed by atoms with van der Waals surface area (Å²) in [5.41, 5.74) is 2.39. The van der Waals surface area contributed by atoms with Crippen LogP contribution in [0.15, 0.2) is 59.3 Å². The molecule has 1 aliphatic rings. The van der Waals surface area contributed by atoms with E-state index in [1.165, 1.54) is 16.9 Å². The summed E-state index contributed by atoms with van der Waals surface area (Å²) in [7, 11) is 0. The number of thiophene rings is 2. The molecule has 30 heavy (non-hydrogen) atoms. The van der Waals surface area contributed by atoms with E-state index in [9.17, 15) is 9.59 Å². The van der Waals surface area contributed by atoms with Gasteiger partial charge in [0.25, 0.3) is 5.91 Å². The molecule has 4 rings (SSSR count). The zero-order valence-corrected chi connectivity index (χ0v) is 18.7. The third kappa shape index (κ3) is 4.65. The molecule has 0 spiro atoms. The number of piperidine rings is 1. The molecule has 0 unspecified atom stereocenters. The van der Waals surface area contributed by atoms with Gasteiger partial charge in [-0.15, -0.1) is 22.7 Å². The zero-order chi connectivity index (χ0) is 20.9. The Balaban J connectivity index is 1.41. The lowest BCUT2D eigenvalue weighted by Gasteiger charge is -2.32. The number of carbonyl (C=O) groups excluding carboxylic acids is 2. The number of likely N-dealkylation sites (tertiary alicyclic amines) is 1. The summed E-state index contributed by atoms with van der Waals surface area (Å²) in [4.78, 5) is 29.4. The van der Waals surface area contributed by atoms with Gasteiger partial charge in [0.2, 0.25) is 5.91 Å². The summed E-state index contributed by atoms with van der Waals surface area (Å²) in [6, 6.07) is 16.2. The van der Waals surface area contributed by atoms with Crippen LogP contribution < -0.4 is 5.32 Å². The van der Waals surface area contributed by atoms with E-state index < -0.39 is 0 Å². The summed E-state index contributed by atoms with van der Waals surface area (Å²) in [5, 5.41) is 7.25. The van der Waals surface area contributed by atoms with Crippen molar-refractivity contribution in [1.82, 2.24) is 10.2 Å². The number of amides is 2. The highest BCUT2D eigenvalue weighted by molar-refractivity contribution is 7.12. The fourth-order valence-electron chi connectivity index (χ4n) is 3.88. The highest BCUT2D eigenvalue weighted by Gasteiger charge is 2.30. The average molecular weight is 439 g/mol. The highest BCUT2D eigenvalue weighted by Crippen LogP contribution is 2.28. The molecule has 156 valence electrons. The Morgan fingerprint density at radius 2 is 1.73 bits per heavy atom. The van der Waals surface area contributed by atoms with E-state index in [4.69, 9.17) is 0 Å². The molecule has 1 aliphatic heterocycles. The number of aryl methyl sites for hydroxylation is 1. The van der Waals surface area contributed by atoms with E-state index in [2.05, 4.69) is 42.6 Å². The maximum atomic E-state index is 13.1. The van der Waals surface area contributed by atoms with Crippen LogP contribution in [-0.4, -0.2) is 29.8 Å². The first-order valence-corrected chi connectivity index (χ1v) is 12.2. The van der Waals surface area contributed by atoms with Crippen molar-refractivity contribution < 1.29 is 9.59 Å². The van der Waals surface area contributed by atoms with E-state index in [0.29, 0.717) is 25.9 Å². The Morgan fingerprint density at radius 3 is 2.33 bits per heavy atom. The van der Waals surface area contributed by atoms with Gasteiger partial charge in [-0.2, -0.15) is 0 Å². The quantitative estimate of drug-likeness (QED) is 0.580. The van der Waals surface area contributed by atoms with E-state index in [1.807, 2.05) is 33.9 Å². The van der Waals surface area contributed by atoms with Gasteiger partial charge in [0.15, 0.2) is 0 Å². The molecule has 3 aromatic rings. The molecule has 6 heteroatoms. The van der Waals surface area contributed by atoms with Crippen LogP contribution in [0.1, 0.15) is 51.5 Å². The van der Waals surface area contributed by atoms with Crippen molar-refractivity contribution in [2.75, 3.05) is 13.1 Å². The predicted octanol–water partition coefficient (Wildman–Crippen LogP) is 5.13. The van der Waals surface area contributed by atoms with Gasteiger partial charge in [-0.25, -0.2) is 0 Å². The zero-order valence-electron chi connectivity index (χ0n) is 17.0. The van der Waals surface area contributed by atoms with Crippen LogP contribution in [-0.2, 0) is 11.2 Å². The highest BCUT2D eigenvalue weighted by atomic mass is 32.1. The first-order valence-electron chi connectivity index (χ1n) is 10.4. The van der Waals surface area contributed by atoms with Crippen LogP contribution in [0.2, 0.25) is 0 Å². The summed E-state index contributed by atoms with van der Waals surface area (Å²) in [6.07, 6.45) is 2.41. The Hall–Kier alpha value is -2.44. The summed E-state index contributed by atoms with van der Waals surface area (Å²) >= 11 is 3.13. The van der Waals surface area contributed by atoms with Gasteiger partial charge in [0.1, 0.15) is 0 Å². The molecule has 0 saturated carbocycles.